The molecule has 11 heavy (non-hydrogen) atoms. The average Bonchev–Trinajstić information content (AvgIpc) is 2.50. The highest BCUT2D eigenvalue weighted by molar-refractivity contribution is 4.97. The van der Waals surface area contributed by atoms with Crippen molar-refractivity contribution in [1.29, 1.82) is 0 Å². The molecule has 1 rings (SSSR count). The molecule has 0 aliphatic rings. The molecule has 0 bridgehead atoms. The van der Waals surface area contributed by atoms with Crippen LogP contribution in [0.2, 0.25) is 0 Å². The lowest BCUT2D eigenvalue weighted by Gasteiger charge is -1.99. The first-order valence-corrected chi connectivity index (χ1v) is 3.54. The zero-order valence-corrected chi connectivity index (χ0v) is 6.54. The summed E-state index contributed by atoms with van der Waals surface area (Å²) in [5.74, 6) is 0. The number of nitrogens with one attached hydrogen (secondary N) is 1. The molecule has 0 fully saturated rings. The van der Waals surface area contributed by atoms with Crippen LogP contribution in [-0.2, 0) is 11.3 Å². The second-order valence-corrected chi connectivity index (χ2v) is 2.19. The zero-order valence-electron chi connectivity index (χ0n) is 6.54. The van der Waals surface area contributed by atoms with Crippen molar-refractivity contribution in [1.82, 2.24) is 10.5 Å². The molecule has 0 saturated carbocycles. The van der Waals surface area contributed by atoms with Crippen LogP contribution >= 0.6 is 0 Å². The minimum absolute atomic E-state index is 0.575. The summed E-state index contributed by atoms with van der Waals surface area (Å²) in [6.07, 6.45) is 3.23. The molecule has 0 radical (unpaired) electrons. The number of hydrogen-bond donors (Lipinski definition) is 1. The van der Waals surface area contributed by atoms with Crippen molar-refractivity contribution < 1.29 is 9.26 Å². The minimum atomic E-state index is 0.575. The van der Waals surface area contributed by atoms with Crippen molar-refractivity contribution in [3.05, 3.63) is 18.0 Å². The standard InChI is InChI=1S/C7H12N2O2/c1-8-2-3-10-5-7-4-9-11-6-7/h4,6,8H,2-3,5H2,1H3. The SMILES string of the molecule is CNCCOCc1cnoc1. The third-order valence-corrected chi connectivity index (χ3v) is 1.25. The number of hydrogen-bond acceptors (Lipinski definition) is 4. The lowest BCUT2D eigenvalue weighted by molar-refractivity contribution is 0.123. The monoisotopic (exact) mass is 156 g/mol. The van der Waals surface area contributed by atoms with Gasteiger partial charge in [-0.3, -0.25) is 0 Å². The van der Waals surface area contributed by atoms with E-state index in [4.69, 9.17) is 4.74 Å². The van der Waals surface area contributed by atoms with Crippen molar-refractivity contribution in [2.75, 3.05) is 20.2 Å². The van der Waals surface area contributed by atoms with Gasteiger partial charge in [0, 0.05) is 12.1 Å². The Hall–Kier alpha value is -0.870. The van der Waals surface area contributed by atoms with Crippen molar-refractivity contribution in [2.24, 2.45) is 0 Å². The van der Waals surface area contributed by atoms with Crippen LogP contribution in [-0.4, -0.2) is 25.4 Å². The molecule has 1 aromatic heterocycles. The van der Waals surface area contributed by atoms with E-state index < -0.39 is 0 Å². The van der Waals surface area contributed by atoms with Gasteiger partial charge in [0.1, 0.15) is 6.26 Å². The van der Waals surface area contributed by atoms with Crippen molar-refractivity contribution in [3.8, 4) is 0 Å². The van der Waals surface area contributed by atoms with Crippen LogP contribution in [0.5, 0.6) is 0 Å². The fourth-order valence-electron chi connectivity index (χ4n) is 0.662. The first-order chi connectivity index (χ1) is 5.43. The van der Waals surface area contributed by atoms with E-state index in [1.165, 1.54) is 0 Å². The first-order valence-electron chi connectivity index (χ1n) is 3.54. The van der Waals surface area contributed by atoms with Crippen molar-refractivity contribution >= 4 is 0 Å². The van der Waals surface area contributed by atoms with Gasteiger partial charge < -0.3 is 14.6 Å². The zero-order chi connectivity index (χ0) is 7.94. The largest absolute Gasteiger partial charge is 0.375 e. The van der Waals surface area contributed by atoms with Gasteiger partial charge in [-0.15, -0.1) is 0 Å². The number of rotatable bonds is 5. The predicted octanol–water partition coefficient (Wildman–Crippen LogP) is 0.411. The van der Waals surface area contributed by atoms with E-state index in [-0.39, 0.29) is 0 Å². The molecule has 0 aliphatic heterocycles. The Balaban J connectivity index is 2.04. The van der Waals surface area contributed by atoms with E-state index in [0.717, 1.165) is 12.1 Å². The minimum Gasteiger partial charge on any atom is -0.375 e. The van der Waals surface area contributed by atoms with Crippen LogP contribution in [0, 0.1) is 0 Å². The van der Waals surface area contributed by atoms with Gasteiger partial charge in [0.2, 0.25) is 0 Å². The number of ether oxygens (including phenoxy) is 1. The lowest BCUT2D eigenvalue weighted by Crippen LogP contribution is -2.13. The first kappa shape index (κ1) is 8.23. The molecule has 0 unspecified atom stereocenters. The van der Waals surface area contributed by atoms with E-state index in [9.17, 15) is 0 Å². The fraction of sp³-hybridized carbons (Fsp3) is 0.571. The van der Waals surface area contributed by atoms with Gasteiger partial charge in [-0.2, -0.15) is 0 Å². The average molecular weight is 156 g/mol. The second-order valence-electron chi connectivity index (χ2n) is 2.19. The summed E-state index contributed by atoms with van der Waals surface area (Å²) in [4.78, 5) is 0. The molecule has 0 atom stereocenters. The summed E-state index contributed by atoms with van der Waals surface area (Å²) in [5, 5.41) is 6.53. The van der Waals surface area contributed by atoms with Crippen molar-refractivity contribution in [3.63, 3.8) is 0 Å². The van der Waals surface area contributed by atoms with Gasteiger partial charge in [0.15, 0.2) is 0 Å². The summed E-state index contributed by atoms with van der Waals surface area (Å²) in [6, 6.07) is 0. The molecule has 0 amide bonds. The smallest absolute Gasteiger partial charge is 0.129 e. The van der Waals surface area contributed by atoms with Crippen LogP contribution in [0.1, 0.15) is 5.56 Å². The Labute approximate surface area is 65.5 Å². The van der Waals surface area contributed by atoms with Crippen LogP contribution in [0.15, 0.2) is 17.0 Å². The third-order valence-electron chi connectivity index (χ3n) is 1.25. The van der Waals surface area contributed by atoms with Gasteiger partial charge in [0.25, 0.3) is 0 Å². The van der Waals surface area contributed by atoms with Crippen LogP contribution in [0.25, 0.3) is 0 Å². The van der Waals surface area contributed by atoms with Gasteiger partial charge in [-0.1, -0.05) is 5.16 Å². The van der Waals surface area contributed by atoms with E-state index in [2.05, 4.69) is 15.0 Å². The molecule has 1 N–H and O–H groups in total. The molecule has 0 spiro atoms. The maximum Gasteiger partial charge on any atom is 0.129 e. The van der Waals surface area contributed by atoms with Crippen LogP contribution < -0.4 is 5.32 Å². The van der Waals surface area contributed by atoms with E-state index >= 15 is 0 Å². The summed E-state index contributed by atoms with van der Waals surface area (Å²) in [7, 11) is 1.89. The molecule has 0 aromatic carbocycles. The highest BCUT2D eigenvalue weighted by Gasteiger charge is 1.93. The molecule has 62 valence electrons. The number of likely N-dealkylation sites (N-methyl/N-ethyl adjacent to an activating group) is 1. The fourth-order valence-corrected chi connectivity index (χ4v) is 0.662. The van der Waals surface area contributed by atoms with Gasteiger partial charge >= 0.3 is 0 Å². The van der Waals surface area contributed by atoms with Crippen LogP contribution in [0.4, 0.5) is 0 Å². The summed E-state index contributed by atoms with van der Waals surface area (Å²) < 4.78 is 9.88. The van der Waals surface area contributed by atoms with E-state index in [1.54, 1.807) is 12.5 Å². The maximum absolute atomic E-state index is 5.26. The van der Waals surface area contributed by atoms with Crippen LogP contribution in [0.3, 0.4) is 0 Å². The molecule has 4 heteroatoms. The summed E-state index contributed by atoms with van der Waals surface area (Å²) in [5.41, 5.74) is 0.973. The summed E-state index contributed by atoms with van der Waals surface area (Å²) in [6.45, 7) is 2.15. The highest BCUT2D eigenvalue weighted by atomic mass is 16.5. The van der Waals surface area contributed by atoms with Crippen molar-refractivity contribution in [2.45, 2.75) is 6.61 Å². The van der Waals surface area contributed by atoms with E-state index in [1.807, 2.05) is 7.05 Å². The third kappa shape index (κ3) is 3.15. The Bertz CT molecular complexity index is 175. The molecular weight excluding hydrogens is 144 g/mol. The molecule has 4 nitrogen and oxygen atoms in total. The molecule has 1 heterocycles. The Morgan fingerprint density at radius 1 is 1.73 bits per heavy atom. The normalized spacial score (nSPS) is 10.3. The van der Waals surface area contributed by atoms with Gasteiger partial charge in [-0.25, -0.2) is 0 Å². The quantitative estimate of drug-likeness (QED) is 0.627. The molecule has 0 aliphatic carbocycles. The Morgan fingerprint density at radius 2 is 2.64 bits per heavy atom. The lowest BCUT2D eigenvalue weighted by atomic mass is 10.4. The molecule has 0 saturated heterocycles. The topological polar surface area (TPSA) is 47.3 Å². The number of aromatic nitrogens is 1. The van der Waals surface area contributed by atoms with Gasteiger partial charge in [0.05, 0.1) is 19.4 Å². The maximum atomic E-state index is 5.26. The summed E-state index contributed by atoms with van der Waals surface area (Å²) >= 11 is 0. The molecular formula is C7H12N2O2. The Morgan fingerprint density at radius 3 is 3.27 bits per heavy atom. The number of nitrogens with zero attached hydrogens (tertiary/aromatic N) is 1. The molecule has 1 aromatic rings. The predicted molar refractivity (Wildman–Crippen MR) is 40.1 cm³/mol. The highest BCUT2D eigenvalue weighted by Crippen LogP contribution is 1.97. The van der Waals surface area contributed by atoms with E-state index in [0.29, 0.717) is 13.2 Å². The van der Waals surface area contributed by atoms with Gasteiger partial charge in [-0.05, 0) is 7.05 Å². The Kier molecular flexibility index (Phi) is 3.64. The second kappa shape index (κ2) is 4.87.